The number of halogens is 2. The Kier molecular flexibility index (Phi) is 4.16. The van der Waals surface area contributed by atoms with Crippen molar-refractivity contribution < 1.29 is 13.5 Å². The van der Waals surface area contributed by atoms with Crippen molar-refractivity contribution in [3.05, 3.63) is 23.3 Å². The van der Waals surface area contributed by atoms with Crippen LogP contribution in [0.3, 0.4) is 0 Å². The van der Waals surface area contributed by atoms with E-state index in [2.05, 4.69) is 19.9 Å². The molecule has 0 radical (unpaired) electrons. The second-order valence-corrected chi connectivity index (χ2v) is 7.07. The summed E-state index contributed by atoms with van der Waals surface area (Å²) >= 11 is 1.02. The molecule has 10 heteroatoms. The van der Waals surface area contributed by atoms with Crippen molar-refractivity contribution in [2.24, 2.45) is 0 Å². The monoisotopic (exact) mass is 378 g/mol. The van der Waals surface area contributed by atoms with E-state index in [-0.39, 0.29) is 10.8 Å². The van der Waals surface area contributed by atoms with E-state index in [9.17, 15) is 8.78 Å². The van der Waals surface area contributed by atoms with Gasteiger partial charge in [-0.3, -0.25) is 0 Å². The number of nitrogen functional groups attached to an aromatic ring is 1. The van der Waals surface area contributed by atoms with Crippen LogP contribution in [0.1, 0.15) is 11.8 Å². The van der Waals surface area contributed by atoms with Gasteiger partial charge in [0.2, 0.25) is 5.95 Å². The molecule has 3 aromatic rings. The summed E-state index contributed by atoms with van der Waals surface area (Å²) in [6.45, 7) is 3.29. The van der Waals surface area contributed by atoms with Crippen LogP contribution in [-0.4, -0.2) is 46.2 Å². The van der Waals surface area contributed by atoms with Gasteiger partial charge in [0.25, 0.3) is 5.92 Å². The molecule has 4 rings (SSSR count). The molecule has 7 nitrogen and oxygen atoms in total. The fourth-order valence-electron chi connectivity index (χ4n) is 2.70. The maximum Gasteiger partial charge on any atom is 0.279 e. The number of nitrogens with two attached hydrogens (primary N) is 1. The molecule has 1 aliphatic heterocycles. The van der Waals surface area contributed by atoms with Gasteiger partial charge in [-0.1, -0.05) is 0 Å². The number of hydrogen-bond acceptors (Lipinski definition) is 8. The Morgan fingerprint density at radius 3 is 2.54 bits per heavy atom. The van der Waals surface area contributed by atoms with Gasteiger partial charge in [-0.05, 0) is 6.07 Å². The highest BCUT2D eigenvalue weighted by Gasteiger charge is 2.29. The molecule has 1 saturated heterocycles. The quantitative estimate of drug-likeness (QED) is 0.749. The molecule has 0 atom stereocenters. The summed E-state index contributed by atoms with van der Waals surface area (Å²) in [7, 11) is 0. The summed E-state index contributed by atoms with van der Waals surface area (Å²) in [5, 5.41) is 0. The Morgan fingerprint density at radius 2 is 1.88 bits per heavy atom. The van der Waals surface area contributed by atoms with E-state index < -0.39 is 5.92 Å². The molecule has 136 valence electrons. The van der Waals surface area contributed by atoms with Crippen molar-refractivity contribution in [3.8, 4) is 11.4 Å². The lowest BCUT2D eigenvalue weighted by atomic mass is 10.2. The van der Waals surface area contributed by atoms with Crippen molar-refractivity contribution >= 4 is 33.3 Å². The number of hydrogen-bond donors (Lipinski definition) is 1. The standard InChI is InChI=1S/C16H16F2N6OS/c1-16(17,18)11-6-10-12(26-11)14(24-2-4-25-5-3-24)23-13(22-10)9-7-20-15(19)21-8-9/h6-8H,2-5H2,1H3,(H2,19,20,21). The highest BCUT2D eigenvalue weighted by molar-refractivity contribution is 7.19. The van der Waals surface area contributed by atoms with Crippen molar-refractivity contribution in [1.29, 1.82) is 0 Å². The fourth-order valence-corrected chi connectivity index (χ4v) is 3.75. The average molecular weight is 378 g/mol. The van der Waals surface area contributed by atoms with Gasteiger partial charge in [0.05, 0.1) is 33.9 Å². The van der Waals surface area contributed by atoms with Crippen molar-refractivity contribution in [1.82, 2.24) is 19.9 Å². The summed E-state index contributed by atoms with van der Waals surface area (Å²) in [6.07, 6.45) is 3.04. The number of morpholine rings is 1. The Balaban J connectivity index is 1.89. The Morgan fingerprint density at radius 1 is 1.19 bits per heavy atom. The predicted molar refractivity (Wildman–Crippen MR) is 95.5 cm³/mol. The van der Waals surface area contributed by atoms with E-state index in [4.69, 9.17) is 10.5 Å². The van der Waals surface area contributed by atoms with E-state index >= 15 is 0 Å². The van der Waals surface area contributed by atoms with E-state index in [1.165, 1.54) is 18.5 Å². The highest BCUT2D eigenvalue weighted by atomic mass is 32.1. The van der Waals surface area contributed by atoms with Crippen LogP contribution in [0.2, 0.25) is 0 Å². The molecule has 2 N–H and O–H groups in total. The summed E-state index contributed by atoms with van der Waals surface area (Å²) < 4.78 is 33.7. The number of anilines is 2. The normalized spacial score (nSPS) is 15.6. The number of fused-ring (bicyclic) bond motifs is 1. The summed E-state index contributed by atoms with van der Waals surface area (Å²) in [5.41, 5.74) is 6.58. The van der Waals surface area contributed by atoms with E-state index in [1.54, 1.807) is 0 Å². The average Bonchev–Trinajstić information content (AvgIpc) is 3.07. The number of alkyl halides is 2. The molecule has 1 aliphatic rings. The van der Waals surface area contributed by atoms with Gasteiger partial charge in [-0.15, -0.1) is 11.3 Å². The van der Waals surface area contributed by atoms with E-state index in [1.807, 2.05) is 4.90 Å². The van der Waals surface area contributed by atoms with Crippen LogP contribution in [-0.2, 0) is 10.7 Å². The first-order valence-electron chi connectivity index (χ1n) is 8.02. The number of thiophene rings is 1. The SMILES string of the molecule is CC(F)(F)c1cc2nc(-c3cnc(N)nc3)nc(N3CCOCC3)c2s1. The zero-order valence-corrected chi connectivity index (χ0v) is 14.8. The zero-order valence-electron chi connectivity index (χ0n) is 13.9. The van der Waals surface area contributed by atoms with Crippen LogP contribution >= 0.6 is 11.3 Å². The van der Waals surface area contributed by atoms with Crippen LogP contribution in [0.15, 0.2) is 18.5 Å². The molecule has 0 aromatic carbocycles. The molecule has 0 bridgehead atoms. The Labute approximate surface area is 151 Å². The first kappa shape index (κ1) is 17.0. The molecule has 4 heterocycles. The van der Waals surface area contributed by atoms with Crippen LogP contribution < -0.4 is 10.6 Å². The summed E-state index contributed by atoms with van der Waals surface area (Å²) in [5.74, 6) is -1.78. The summed E-state index contributed by atoms with van der Waals surface area (Å²) in [4.78, 5) is 19.0. The molecule has 0 aliphatic carbocycles. The minimum Gasteiger partial charge on any atom is -0.378 e. The molecule has 26 heavy (non-hydrogen) atoms. The second-order valence-electron chi connectivity index (χ2n) is 6.01. The highest BCUT2D eigenvalue weighted by Crippen LogP contribution is 2.40. The number of aromatic nitrogens is 4. The predicted octanol–water partition coefficient (Wildman–Crippen LogP) is 2.68. The number of nitrogens with zero attached hydrogens (tertiary/aromatic N) is 5. The molecule has 0 amide bonds. The van der Waals surface area contributed by atoms with Crippen LogP contribution in [0, 0.1) is 0 Å². The van der Waals surface area contributed by atoms with Gasteiger partial charge < -0.3 is 15.4 Å². The Bertz CT molecular complexity index is 934. The molecular formula is C16H16F2N6OS. The van der Waals surface area contributed by atoms with Gasteiger partial charge in [0.15, 0.2) is 11.6 Å². The molecule has 3 aromatic heterocycles. The summed E-state index contributed by atoms with van der Waals surface area (Å²) in [6, 6.07) is 1.42. The zero-order chi connectivity index (χ0) is 18.3. The number of ether oxygens (including phenoxy) is 1. The second kappa shape index (κ2) is 6.36. The maximum atomic E-state index is 13.8. The third-order valence-electron chi connectivity index (χ3n) is 4.03. The van der Waals surface area contributed by atoms with Gasteiger partial charge >= 0.3 is 0 Å². The molecule has 1 fully saturated rings. The Hall–Kier alpha value is -2.46. The maximum absolute atomic E-state index is 13.8. The third-order valence-corrected chi connectivity index (χ3v) is 5.32. The van der Waals surface area contributed by atoms with Gasteiger partial charge in [-0.25, -0.2) is 28.7 Å². The van der Waals surface area contributed by atoms with Gasteiger partial charge in [-0.2, -0.15) is 0 Å². The van der Waals surface area contributed by atoms with Crippen molar-refractivity contribution in [2.75, 3.05) is 36.9 Å². The first-order valence-corrected chi connectivity index (χ1v) is 8.84. The molecule has 0 unspecified atom stereocenters. The lowest BCUT2D eigenvalue weighted by molar-refractivity contribution is 0.0216. The first-order chi connectivity index (χ1) is 12.4. The van der Waals surface area contributed by atoms with Gasteiger partial charge in [0, 0.05) is 32.4 Å². The van der Waals surface area contributed by atoms with Crippen molar-refractivity contribution in [3.63, 3.8) is 0 Å². The topological polar surface area (TPSA) is 90.0 Å². The van der Waals surface area contributed by atoms with Crippen molar-refractivity contribution in [2.45, 2.75) is 12.8 Å². The van der Waals surface area contributed by atoms with E-state index in [0.717, 1.165) is 18.3 Å². The fraction of sp³-hybridized carbons (Fsp3) is 0.375. The molecule has 0 spiro atoms. The van der Waals surface area contributed by atoms with Crippen LogP contribution in [0.25, 0.3) is 21.6 Å². The smallest absolute Gasteiger partial charge is 0.279 e. The third kappa shape index (κ3) is 3.17. The molecular weight excluding hydrogens is 362 g/mol. The number of rotatable bonds is 3. The lowest BCUT2D eigenvalue weighted by Gasteiger charge is -2.28. The van der Waals surface area contributed by atoms with E-state index in [0.29, 0.717) is 53.7 Å². The minimum atomic E-state index is -2.93. The minimum absolute atomic E-state index is 0.0398. The molecule has 0 saturated carbocycles. The largest absolute Gasteiger partial charge is 0.378 e. The van der Waals surface area contributed by atoms with Crippen LogP contribution in [0.5, 0.6) is 0 Å². The van der Waals surface area contributed by atoms with Crippen LogP contribution in [0.4, 0.5) is 20.5 Å². The van der Waals surface area contributed by atoms with Gasteiger partial charge in [0.1, 0.15) is 0 Å². The lowest BCUT2D eigenvalue weighted by Crippen LogP contribution is -2.36.